The Morgan fingerprint density at radius 1 is 1.00 bits per heavy atom. The van der Waals surface area contributed by atoms with E-state index in [9.17, 15) is 14.4 Å². The lowest BCUT2D eigenvalue weighted by Crippen LogP contribution is -2.16. The third-order valence-corrected chi connectivity index (χ3v) is 5.78. The normalized spacial score (nSPS) is 10.5. The number of amides is 1. The summed E-state index contributed by atoms with van der Waals surface area (Å²) in [7, 11) is 2.47. The Morgan fingerprint density at radius 2 is 1.64 bits per heavy atom. The van der Waals surface area contributed by atoms with Gasteiger partial charge in [0.05, 0.1) is 31.1 Å². The van der Waals surface area contributed by atoms with Crippen LogP contribution in [0.4, 0.5) is 5.69 Å². The van der Waals surface area contributed by atoms with Gasteiger partial charge in [-0.15, -0.1) is 10.2 Å². The van der Waals surface area contributed by atoms with Gasteiger partial charge in [0.2, 0.25) is 5.91 Å². The number of carbonyl (C=O) groups is 3. The highest BCUT2D eigenvalue weighted by atomic mass is 32.2. The highest BCUT2D eigenvalue weighted by Crippen LogP contribution is 2.26. The zero-order valence-corrected chi connectivity index (χ0v) is 19.6. The van der Waals surface area contributed by atoms with Crippen molar-refractivity contribution < 1.29 is 23.9 Å². The Hall–Kier alpha value is -3.66. The Bertz CT molecular complexity index is 1160. The highest BCUT2D eigenvalue weighted by molar-refractivity contribution is 7.99. The molecular weight excluding hydrogens is 444 g/mol. The molecule has 0 atom stereocenters. The smallest absolute Gasteiger partial charge is 0.337 e. The summed E-state index contributed by atoms with van der Waals surface area (Å²) in [5.41, 5.74) is 2.59. The number of esters is 2. The molecule has 0 spiro atoms. The van der Waals surface area contributed by atoms with Crippen LogP contribution in [0, 0.1) is 6.92 Å². The minimum absolute atomic E-state index is 0.0575. The molecule has 33 heavy (non-hydrogen) atoms. The third kappa shape index (κ3) is 5.58. The Labute approximate surface area is 195 Å². The SMILES string of the molecule is CCn1c(SCC(=O)Nc2cc(C(=O)OC)cc(C(=O)OC)c2)nnc1-c1ccccc1C. The van der Waals surface area contributed by atoms with Crippen LogP contribution in [0.25, 0.3) is 11.4 Å². The first-order valence-electron chi connectivity index (χ1n) is 10.1. The van der Waals surface area contributed by atoms with Crippen molar-refractivity contribution in [1.82, 2.24) is 14.8 Å². The molecule has 2 aromatic carbocycles. The standard InChI is InChI=1S/C23H24N4O5S/c1-5-27-20(18-9-7-6-8-14(18)2)25-26-23(27)33-13-19(28)24-17-11-15(21(29)31-3)10-16(12-17)22(30)32-4/h6-12H,5,13H2,1-4H3,(H,24,28). The number of rotatable bonds is 8. The molecule has 172 valence electrons. The van der Waals surface area contributed by atoms with E-state index >= 15 is 0 Å². The summed E-state index contributed by atoms with van der Waals surface area (Å²) in [5.74, 6) is -0.800. The molecule has 0 aliphatic heterocycles. The summed E-state index contributed by atoms with van der Waals surface area (Å²) in [5, 5.41) is 11.9. The summed E-state index contributed by atoms with van der Waals surface area (Å²) in [4.78, 5) is 36.5. The summed E-state index contributed by atoms with van der Waals surface area (Å²) >= 11 is 1.24. The molecule has 1 amide bonds. The maximum absolute atomic E-state index is 12.6. The van der Waals surface area contributed by atoms with Crippen LogP contribution in [-0.2, 0) is 20.8 Å². The molecule has 0 radical (unpaired) electrons. The van der Waals surface area contributed by atoms with Gasteiger partial charge in [0.1, 0.15) is 0 Å². The van der Waals surface area contributed by atoms with Gasteiger partial charge in [-0.3, -0.25) is 4.79 Å². The lowest BCUT2D eigenvalue weighted by molar-refractivity contribution is -0.113. The predicted octanol–water partition coefficient (Wildman–Crippen LogP) is 3.58. The number of hydrogen-bond donors (Lipinski definition) is 1. The predicted molar refractivity (Wildman–Crippen MR) is 124 cm³/mol. The van der Waals surface area contributed by atoms with Crippen molar-refractivity contribution in [3.8, 4) is 11.4 Å². The molecule has 9 nitrogen and oxygen atoms in total. The van der Waals surface area contributed by atoms with Gasteiger partial charge in [0.15, 0.2) is 11.0 Å². The van der Waals surface area contributed by atoms with Crippen molar-refractivity contribution in [2.75, 3.05) is 25.3 Å². The molecule has 1 N–H and O–H groups in total. The number of methoxy groups -OCH3 is 2. The molecule has 3 aromatic rings. The number of aryl methyl sites for hydroxylation is 1. The first kappa shape index (κ1) is 24.0. The van der Waals surface area contributed by atoms with Gasteiger partial charge < -0.3 is 19.4 Å². The van der Waals surface area contributed by atoms with Gasteiger partial charge >= 0.3 is 11.9 Å². The maximum atomic E-state index is 12.6. The van der Waals surface area contributed by atoms with E-state index in [1.807, 2.05) is 42.7 Å². The average Bonchev–Trinajstić information content (AvgIpc) is 3.24. The minimum Gasteiger partial charge on any atom is -0.465 e. The van der Waals surface area contributed by atoms with Crippen molar-refractivity contribution in [2.24, 2.45) is 0 Å². The second-order valence-electron chi connectivity index (χ2n) is 6.98. The second-order valence-corrected chi connectivity index (χ2v) is 7.93. The number of ether oxygens (including phenoxy) is 2. The molecule has 0 bridgehead atoms. The van der Waals surface area contributed by atoms with E-state index in [2.05, 4.69) is 15.5 Å². The van der Waals surface area contributed by atoms with Crippen LogP contribution in [0.5, 0.6) is 0 Å². The maximum Gasteiger partial charge on any atom is 0.337 e. The quantitative estimate of drug-likeness (QED) is 0.394. The molecule has 0 saturated heterocycles. The van der Waals surface area contributed by atoms with E-state index in [0.29, 0.717) is 11.7 Å². The van der Waals surface area contributed by atoms with Gasteiger partial charge in [-0.1, -0.05) is 36.0 Å². The Balaban J connectivity index is 1.75. The zero-order valence-electron chi connectivity index (χ0n) is 18.7. The number of hydrogen-bond acceptors (Lipinski definition) is 8. The molecule has 1 aromatic heterocycles. The number of aromatic nitrogens is 3. The molecule has 0 unspecified atom stereocenters. The number of benzene rings is 2. The lowest BCUT2D eigenvalue weighted by atomic mass is 10.1. The first-order valence-corrected chi connectivity index (χ1v) is 11.1. The highest BCUT2D eigenvalue weighted by Gasteiger charge is 2.18. The summed E-state index contributed by atoms with van der Waals surface area (Å²) in [6.45, 7) is 4.64. The van der Waals surface area contributed by atoms with Crippen molar-refractivity contribution >= 4 is 35.3 Å². The molecule has 0 aliphatic carbocycles. The number of carbonyl (C=O) groups excluding carboxylic acids is 3. The van der Waals surface area contributed by atoms with E-state index in [1.165, 1.54) is 44.2 Å². The molecular formula is C23H24N4O5S. The van der Waals surface area contributed by atoms with Crippen molar-refractivity contribution in [1.29, 1.82) is 0 Å². The summed E-state index contributed by atoms with van der Waals surface area (Å²) < 4.78 is 11.4. The van der Waals surface area contributed by atoms with Gasteiger partial charge in [-0.25, -0.2) is 9.59 Å². The summed E-state index contributed by atoms with van der Waals surface area (Å²) in [6.07, 6.45) is 0. The largest absolute Gasteiger partial charge is 0.465 e. The minimum atomic E-state index is -0.634. The molecule has 0 fully saturated rings. The molecule has 3 rings (SSSR count). The number of thioether (sulfide) groups is 1. The molecule has 1 heterocycles. The van der Waals surface area contributed by atoms with Crippen LogP contribution in [0.2, 0.25) is 0 Å². The van der Waals surface area contributed by atoms with Gasteiger partial charge in [0.25, 0.3) is 0 Å². The van der Waals surface area contributed by atoms with Crippen LogP contribution in [0.1, 0.15) is 33.2 Å². The third-order valence-electron chi connectivity index (χ3n) is 4.81. The second kappa shape index (κ2) is 10.8. The van der Waals surface area contributed by atoms with E-state index in [-0.39, 0.29) is 28.5 Å². The van der Waals surface area contributed by atoms with E-state index in [0.717, 1.165) is 17.0 Å². The average molecular weight is 469 g/mol. The van der Waals surface area contributed by atoms with Crippen LogP contribution < -0.4 is 5.32 Å². The number of nitrogens with zero attached hydrogens (tertiary/aromatic N) is 3. The van der Waals surface area contributed by atoms with Crippen LogP contribution >= 0.6 is 11.8 Å². The van der Waals surface area contributed by atoms with Gasteiger partial charge in [0, 0.05) is 17.8 Å². The van der Waals surface area contributed by atoms with Crippen molar-refractivity contribution in [3.63, 3.8) is 0 Å². The van der Waals surface area contributed by atoms with Crippen molar-refractivity contribution in [3.05, 3.63) is 59.2 Å². The molecule has 0 aliphatic rings. The van der Waals surface area contributed by atoms with E-state index < -0.39 is 11.9 Å². The van der Waals surface area contributed by atoms with Crippen LogP contribution in [0.3, 0.4) is 0 Å². The van der Waals surface area contributed by atoms with Crippen LogP contribution in [-0.4, -0.2) is 52.6 Å². The van der Waals surface area contributed by atoms with E-state index in [1.54, 1.807) is 0 Å². The molecule has 10 heteroatoms. The van der Waals surface area contributed by atoms with Gasteiger partial charge in [-0.05, 0) is 37.6 Å². The fourth-order valence-corrected chi connectivity index (χ4v) is 4.00. The first-order chi connectivity index (χ1) is 15.9. The van der Waals surface area contributed by atoms with E-state index in [4.69, 9.17) is 9.47 Å². The fourth-order valence-electron chi connectivity index (χ4n) is 3.20. The Kier molecular flexibility index (Phi) is 7.83. The summed E-state index contributed by atoms with van der Waals surface area (Å²) in [6, 6.07) is 12.1. The monoisotopic (exact) mass is 468 g/mol. The Morgan fingerprint density at radius 3 is 2.21 bits per heavy atom. The number of nitrogens with one attached hydrogen (secondary N) is 1. The van der Waals surface area contributed by atoms with Gasteiger partial charge in [-0.2, -0.15) is 0 Å². The zero-order chi connectivity index (χ0) is 24.0. The van der Waals surface area contributed by atoms with Crippen LogP contribution in [0.15, 0.2) is 47.6 Å². The molecule has 0 saturated carbocycles. The fraction of sp³-hybridized carbons (Fsp3) is 0.261. The topological polar surface area (TPSA) is 112 Å². The number of anilines is 1. The van der Waals surface area contributed by atoms with Crippen molar-refractivity contribution in [2.45, 2.75) is 25.5 Å². The lowest BCUT2D eigenvalue weighted by Gasteiger charge is -2.10.